The minimum Gasteiger partial charge on any atom is -0.488 e. The van der Waals surface area contributed by atoms with Gasteiger partial charge in [-0.3, -0.25) is 4.79 Å². The van der Waals surface area contributed by atoms with Crippen molar-refractivity contribution < 1.29 is 9.53 Å². The number of rotatable bonds is 8. The lowest BCUT2D eigenvalue weighted by molar-refractivity contribution is 0.0940. The Hall–Kier alpha value is -4.28. The van der Waals surface area contributed by atoms with Gasteiger partial charge in [-0.25, -0.2) is 0 Å². The number of nitrogens with one attached hydrogen (secondary N) is 1. The third kappa shape index (κ3) is 5.66. The van der Waals surface area contributed by atoms with E-state index in [9.17, 15) is 4.79 Å². The fourth-order valence-electron chi connectivity index (χ4n) is 4.52. The zero-order valence-electron chi connectivity index (χ0n) is 21.4. The van der Waals surface area contributed by atoms with Gasteiger partial charge in [0.2, 0.25) is 0 Å². The normalized spacial score (nSPS) is 11.7. The van der Waals surface area contributed by atoms with Crippen LogP contribution in [0.25, 0.3) is 16.9 Å². The minimum atomic E-state index is -0.108. The van der Waals surface area contributed by atoms with Gasteiger partial charge in [0.1, 0.15) is 12.4 Å². The van der Waals surface area contributed by atoms with E-state index >= 15 is 0 Å². The second-order valence-corrected chi connectivity index (χ2v) is 9.70. The topological polar surface area (TPSA) is 43.3 Å². The lowest BCUT2D eigenvalue weighted by atomic mass is 10.1. The molecule has 4 nitrogen and oxygen atoms in total. The maximum Gasteiger partial charge on any atom is 0.251 e. The second-order valence-electron chi connectivity index (χ2n) is 9.26. The predicted molar refractivity (Wildman–Crippen MR) is 154 cm³/mol. The molecule has 1 aromatic heterocycles. The number of hydrogen-bond donors (Lipinski definition) is 1. The highest BCUT2D eigenvalue weighted by molar-refractivity contribution is 6.31. The first-order chi connectivity index (χ1) is 18.5. The number of carbonyl (C=O) groups is 1. The summed E-state index contributed by atoms with van der Waals surface area (Å²) < 4.78 is 8.38. The molecule has 190 valence electrons. The summed E-state index contributed by atoms with van der Waals surface area (Å²) in [4.78, 5) is 12.9. The molecular weight excluding hydrogens is 492 g/mol. The van der Waals surface area contributed by atoms with Gasteiger partial charge >= 0.3 is 0 Å². The number of aromatic nitrogens is 1. The van der Waals surface area contributed by atoms with Gasteiger partial charge in [-0.1, -0.05) is 72.3 Å². The Kier molecular flexibility index (Phi) is 7.62. The average Bonchev–Trinajstić information content (AvgIpc) is 3.34. The van der Waals surface area contributed by atoms with E-state index in [2.05, 4.69) is 28.9 Å². The summed E-state index contributed by atoms with van der Waals surface area (Å²) in [7, 11) is 0. The van der Waals surface area contributed by atoms with Gasteiger partial charge in [0.25, 0.3) is 5.91 Å². The van der Waals surface area contributed by atoms with Crippen molar-refractivity contribution in [2.75, 3.05) is 0 Å². The third-order valence-corrected chi connectivity index (χ3v) is 6.80. The molecular formula is C33H29ClN2O2. The molecule has 0 aliphatic heterocycles. The fraction of sp³-hybridized carbons (Fsp3) is 0.121. The molecule has 0 aliphatic rings. The van der Waals surface area contributed by atoms with E-state index < -0.39 is 0 Å². The molecule has 0 radical (unpaired) electrons. The van der Waals surface area contributed by atoms with Crippen LogP contribution in [0, 0.1) is 6.92 Å². The quantitative estimate of drug-likeness (QED) is 0.224. The zero-order chi connectivity index (χ0) is 26.5. The van der Waals surface area contributed by atoms with Crippen molar-refractivity contribution in [1.82, 2.24) is 9.88 Å². The van der Waals surface area contributed by atoms with Crippen LogP contribution in [0.5, 0.6) is 5.75 Å². The molecule has 5 rings (SSSR count). The Morgan fingerprint density at radius 2 is 1.55 bits per heavy atom. The van der Waals surface area contributed by atoms with Gasteiger partial charge in [-0.2, -0.15) is 0 Å². The molecule has 0 saturated carbocycles. The number of hydrogen-bond acceptors (Lipinski definition) is 2. The van der Waals surface area contributed by atoms with Gasteiger partial charge in [0, 0.05) is 27.5 Å². The summed E-state index contributed by atoms with van der Waals surface area (Å²) in [5, 5.41) is 3.72. The number of amides is 1. The predicted octanol–water partition coefficient (Wildman–Crippen LogP) is 8.18. The first-order valence-corrected chi connectivity index (χ1v) is 13.0. The Morgan fingerprint density at radius 1 is 0.868 bits per heavy atom. The van der Waals surface area contributed by atoms with Gasteiger partial charge in [0.15, 0.2) is 0 Å². The monoisotopic (exact) mass is 520 g/mol. The first-order valence-electron chi connectivity index (χ1n) is 12.6. The van der Waals surface area contributed by atoms with Crippen molar-refractivity contribution in [3.05, 3.63) is 143 Å². The molecule has 0 aliphatic carbocycles. The SMILES string of the molecule is Cc1ccc(-c2cc(Cl)ccc2OCc2ccccc2)n1-c1ccc(C(=O)N[C@@H](C)c2ccccc2)cc1. The standard InChI is InChI=1S/C33H29ClN2O2/c1-23-13-19-31(30-21-28(34)16-20-32(30)38-22-25-9-5-3-6-10-25)36(23)29-17-14-27(15-18-29)33(37)35-24(2)26-11-7-4-8-12-26/h3-21,24H,22H2,1-2H3,(H,35,37)/t24-/m0/s1. The molecule has 1 N–H and O–H groups in total. The van der Waals surface area contributed by atoms with Crippen molar-refractivity contribution in [2.24, 2.45) is 0 Å². The highest BCUT2D eigenvalue weighted by atomic mass is 35.5. The van der Waals surface area contributed by atoms with Crippen LogP contribution < -0.4 is 10.1 Å². The molecule has 0 spiro atoms. The molecule has 0 saturated heterocycles. The van der Waals surface area contributed by atoms with Crippen molar-refractivity contribution in [2.45, 2.75) is 26.5 Å². The van der Waals surface area contributed by atoms with E-state index in [4.69, 9.17) is 16.3 Å². The number of aryl methyl sites for hydroxylation is 1. The number of carbonyl (C=O) groups excluding carboxylic acids is 1. The van der Waals surface area contributed by atoms with E-state index in [-0.39, 0.29) is 11.9 Å². The van der Waals surface area contributed by atoms with Crippen LogP contribution >= 0.6 is 11.6 Å². The van der Waals surface area contributed by atoms with E-state index in [1.165, 1.54) is 0 Å². The summed E-state index contributed by atoms with van der Waals surface area (Å²) in [6, 6.07) is 37.4. The van der Waals surface area contributed by atoms with Gasteiger partial charge in [0.05, 0.1) is 11.7 Å². The zero-order valence-corrected chi connectivity index (χ0v) is 22.2. The maximum absolute atomic E-state index is 12.9. The van der Waals surface area contributed by atoms with Crippen molar-refractivity contribution in [3.63, 3.8) is 0 Å². The number of halogens is 1. The van der Waals surface area contributed by atoms with E-state index in [1.54, 1.807) is 0 Å². The first kappa shape index (κ1) is 25.4. The van der Waals surface area contributed by atoms with Crippen molar-refractivity contribution >= 4 is 17.5 Å². The Morgan fingerprint density at radius 3 is 2.26 bits per heavy atom. The molecule has 38 heavy (non-hydrogen) atoms. The Balaban J connectivity index is 1.40. The van der Waals surface area contributed by atoms with Gasteiger partial charge < -0.3 is 14.6 Å². The number of benzene rings is 4. The number of ether oxygens (including phenoxy) is 1. The summed E-state index contributed by atoms with van der Waals surface area (Å²) in [6.07, 6.45) is 0. The number of nitrogens with zero attached hydrogens (tertiary/aromatic N) is 1. The Bertz CT molecular complexity index is 1530. The molecule has 0 unspecified atom stereocenters. The van der Waals surface area contributed by atoms with E-state index in [1.807, 2.05) is 110 Å². The van der Waals surface area contributed by atoms with Crippen molar-refractivity contribution in [1.29, 1.82) is 0 Å². The molecule has 1 heterocycles. The smallest absolute Gasteiger partial charge is 0.251 e. The van der Waals surface area contributed by atoms with Crippen molar-refractivity contribution in [3.8, 4) is 22.7 Å². The Labute approximate surface area is 228 Å². The highest BCUT2D eigenvalue weighted by Gasteiger charge is 2.16. The summed E-state index contributed by atoms with van der Waals surface area (Å²) >= 11 is 6.42. The van der Waals surface area contributed by atoms with Crippen LogP contribution in [0.2, 0.25) is 5.02 Å². The van der Waals surface area contributed by atoms with E-state index in [0.717, 1.165) is 39.5 Å². The minimum absolute atomic E-state index is 0.0844. The molecule has 1 atom stereocenters. The van der Waals surface area contributed by atoms with Crippen LogP contribution in [0.1, 0.15) is 40.1 Å². The fourth-order valence-corrected chi connectivity index (χ4v) is 4.69. The average molecular weight is 521 g/mol. The van der Waals surface area contributed by atoms with E-state index in [0.29, 0.717) is 17.2 Å². The molecule has 1 amide bonds. The maximum atomic E-state index is 12.9. The molecule has 0 bridgehead atoms. The largest absolute Gasteiger partial charge is 0.488 e. The molecule has 0 fully saturated rings. The van der Waals surface area contributed by atoms with Gasteiger partial charge in [-0.15, -0.1) is 0 Å². The van der Waals surface area contributed by atoms with Crippen LogP contribution in [0.4, 0.5) is 0 Å². The highest BCUT2D eigenvalue weighted by Crippen LogP contribution is 2.36. The molecule has 5 aromatic rings. The summed E-state index contributed by atoms with van der Waals surface area (Å²) in [5.74, 6) is 0.646. The van der Waals surface area contributed by atoms with Crippen LogP contribution in [-0.4, -0.2) is 10.5 Å². The third-order valence-electron chi connectivity index (χ3n) is 6.57. The summed E-state index contributed by atoms with van der Waals surface area (Å²) in [6.45, 7) is 4.50. The van der Waals surface area contributed by atoms with Crippen LogP contribution in [-0.2, 0) is 6.61 Å². The second kappa shape index (κ2) is 11.4. The summed E-state index contributed by atoms with van der Waals surface area (Å²) in [5.41, 5.74) is 6.64. The van der Waals surface area contributed by atoms with Gasteiger partial charge in [-0.05, 0) is 79.6 Å². The molecule has 5 heteroatoms. The van der Waals surface area contributed by atoms with Crippen LogP contribution in [0.3, 0.4) is 0 Å². The van der Waals surface area contributed by atoms with Crippen LogP contribution in [0.15, 0.2) is 115 Å². The lowest BCUT2D eigenvalue weighted by Gasteiger charge is -2.17. The molecule has 4 aromatic carbocycles. The lowest BCUT2D eigenvalue weighted by Crippen LogP contribution is -2.26.